The monoisotopic (exact) mass is 414 g/mol. The molecule has 0 fully saturated rings. The summed E-state index contributed by atoms with van der Waals surface area (Å²) in [6, 6.07) is 23.5. The van der Waals surface area contributed by atoms with E-state index in [2.05, 4.69) is 10.3 Å². The summed E-state index contributed by atoms with van der Waals surface area (Å²) in [4.78, 5) is 29.2. The van der Waals surface area contributed by atoms with Crippen LogP contribution in [0.1, 0.15) is 28.9 Å². The Balaban J connectivity index is 1.62. The van der Waals surface area contributed by atoms with Gasteiger partial charge in [-0.15, -0.1) is 0 Å². The van der Waals surface area contributed by atoms with Crippen molar-refractivity contribution in [3.63, 3.8) is 0 Å². The van der Waals surface area contributed by atoms with Crippen molar-refractivity contribution in [1.29, 1.82) is 0 Å². The minimum atomic E-state index is -1.13. The molecule has 4 aromatic rings. The molecule has 0 aliphatic heterocycles. The zero-order valence-electron chi connectivity index (χ0n) is 17.0. The number of anilines is 1. The second-order valence-corrected chi connectivity index (χ2v) is 6.86. The molecule has 6 nitrogen and oxygen atoms in total. The van der Waals surface area contributed by atoms with Crippen LogP contribution in [0.25, 0.3) is 10.9 Å². The third-order valence-electron chi connectivity index (χ3n) is 4.82. The van der Waals surface area contributed by atoms with E-state index < -0.39 is 18.0 Å². The molecule has 1 amide bonds. The summed E-state index contributed by atoms with van der Waals surface area (Å²) in [7, 11) is 0. The summed E-state index contributed by atoms with van der Waals surface area (Å²) in [5.41, 5.74) is 2.28. The molecule has 1 atom stereocenters. The van der Waals surface area contributed by atoms with Crippen LogP contribution in [0.5, 0.6) is 5.75 Å². The number of aromatic nitrogens is 1. The molecule has 1 heterocycles. The highest BCUT2D eigenvalue weighted by molar-refractivity contribution is 6.05. The zero-order valence-corrected chi connectivity index (χ0v) is 17.0. The maximum absolute atomic E-state index is 13.2. The number of ether oxygens (including phenoxy) is 2. The van der Waals surface area contributed by atoms with E-state index >= 15 is 0 Å². The first-order chi connectivity index (χ1) is 15.2. The summed E-state index contributed by atoms with van der Waals surface area (Å²) in [5.74, 6) is -0.501. The predicted molar refractivity (Wildman–Crippen MR) is 119 cm³/mol. The zero-order chi connectivity index (χ0) is 21.6. The minimum Gasteiger partial charge on any atom is -0.492 e. The number of fused-ring (bicyclic) bond motifs is 1. The van der Waals surface area contributed by atoms with Gasteiger partial charge in [0.15, 0.2) is 0 Å². The van der Waals surface area contributed by atoms with E-state index in [9.17, 15) is 9.59 Å². The van der Waals surface area contributed by atoms with E-state index in [-0.39, 0.29) is 0 Å². The Bertz CT molecular complexity index is 1200. The number of hydrogen-bond donors (Lipinski definition) is 2. The van der Waals surface area contributed by atoms with E-state index in [1.54, 1.807) is 48.7 Å². The van der Waals surface area contributed by atoms with Crippen LogP contribution in [0.3, 0.4) is 0 Å². The Kier molecular flexibility index (Phi) is 5.98. The van der Waals surface area contributed by atoms with Crippen LogP contribution in [0.4, 0.5) is 5.69 Å². The van der Waals surface area contributed by atoms with Gasteiger partial charge in [-0.25, -0.2) is 4.79 Å². The number of para-hydroxylation sites is 3. The molecule has 2 N–H and O–H groups in total. The number of H-pyrrole nitrogens is 1. The van der Waals surface area contributed by atoms with E-state index in [4.69, 9.17) is 9.47 Å². The normalized spacial score (nSPS) is 11.6. The first-order valence-electron chi connectivity index (χ1n) is 10.0. The quantitative estimate of drug-likeness (QED) is 0.412. The molecule has 3 aromatic carbocycles. The van der Waals surface area contributed by atoms with Crippen molar-refractivity contribution in [2.45, 2.75) is 13.0 Å². The summed E-state index contributed by atoms with van der Waals surface area (Å²) in [5, 5.41) is 3.57. The van der Waals surface area contributed by atoms with Gasteiger partial charge in [0.1, 0.15) is 5.75 Å². The van der Waals surface area contributed by atoms with Gasteiger partial charge in [0.2, 0.25) is 6.10 Å². The van der Waals surface area contributed by atoms with Crippen molar-refractivity contribution in [3.8, 4) is 5.75 Å². The lowest BCUT2D eigenvalue weighted by Crippen LogP contribution is -2.26. The Morgan fingerprint density at radius 3 is 2.45 bits per heavy atom. The molecule has 0 radical (unpaired) electrons. The van der Waals surface area contributed by atoms with Gasteiger partial charge < -0.3 is 19.8 Å². The van der Waals surface area contributed by atoms with E-state index in [1.807, 2.05) is 43.3 Å². The van der Waals surface area contributed by atoms with Crippen molar-refractivity contribution in [3.05, 3.63) is 96.2 Å². The second kappa shape index (κ2) is 9.17. The smallest absolute Gasteiger partial charge is 0.341 e. The second-order valence-electron chi connectivity index (χ2n) is 6.86. The fourth-order valence-corrected chi connectivity index (χ4v) is 3.36. The number of esters is 1. The van der Waals surface area contributed by atoms with Crippen molar-refractivity contribution in [1.82, 2.24) is 4.98 Å². The lowest BCUT2D eigenvalue weighted by atomic mass is 10.1. The van der Waals surface area contributed by atoms with Crippen LogP contribution in [0, 0.1) is 0 Å². The molecule has 0 saturated heterocycles. The van der Waals surface area contributed by atoms with Crippen LogP contribution in [-0.4, -0.2) is 23.5 Å². The van der Waals surface area contributed by atoms with Gasteiger partial charge in [0, 0.05) is 22.7 Å². The highest BCUT2D eigenvalue weighted by atomic mass is 16.5. The molecule has 4 rings (SSSR count). The number of amides is 1. The Morgan fingerprint density at radius 2 is 1.65 bits per heavy atom. The highest BCUT2D eigenvalue weighted by Crippen LogP contribution is 2.28. The lowest BCUT2D eigenvalue weighted by molar-refractivity contribution is -0.125. The number of carbonyl (C=O) groups is 2. The molecule has 31 heavy (non-hydrogen) atoms. The molecule has 6 heteroatoms. The fraction of sp³-hybridized carbons (Fsp3) is 0.120. The molecule has 0 aliphatic rings. The van der Waals surface area contributed by atoms with Crippen LogP contribution < -0.4 is 10.1 Å². The largest absolute Gasteiger partial charge is 0.492 e. The summed E-state index contributed by atoms with van der Waals surface area (Å²) < 4.78 is 11.3. The Morgan fingerprint density at radius 1 is 0.935 bits per heavy atom. The number of rotatable bonds is 7. The average molecular weight is 414 g/mol. The van der Waals surface area contributed by atoms with Gasteiger partial charge >= 0.3 is 5.97 Å². The average Bonchev–Trinajstić information content (AvgIpc) is 3.24. The molecule has 0 spiro atoms. The van der Waals surface area contributed by atoms with E-state index in [0.29, 0.717) is 29.2 Å². The molecule has 1 aromatic heterocycles. The third kappa shape index (κ3) is 4.43. The maximum atomic E-state index is 13.2. The first-order valence-corrected chi connectivity index (χ1v) is 10.0. The first kappa shape index (κ1) is 20.2. The number of carbonyl (C=O) groups excluding carboxylic acids is 2. The van der Waals surface area contributed by atoms with Crippen molar-refractivity contribution in [2.24, 2.45) is 0 Å². The molecular formula is C25H22N2O4. The summed E-state index contributed by atoms with van der Waals surface area (Å²) >= 11 is 0. The Labute approximate surface area is 179 Å². The van der Waals surface area contributed by atoms with Gasteiger partial charge in [-0.3, -0.25) is 4.79 Å². The van der Waals surface area contributed by atoms with Crippen molar-refractivity contribution >= 4 is 28.5 Å². The summed E-state index contributed by atoms with van der Waals surface area (Å²) in [6.45, 7) is 2.33. The molecule has 0 saturated carbocycles. The number of benzene rings is 3. The highest BCUT2D eigenvalue weighted by Gasteiger charge is 2.27. The van der Waals surface area contributed by atoms with Crippen LogP contribution in [0.15, 0.2) is 85.1 Å². The summed E-state index contributed by atoms with van der Waals surface area (Å²) in [6.07, 6.45) is 0.467. The maximum Gasteiger partial charge on any atom is 0.341 e. The molecule has 0 bridgehead atoms. The topological polar surface area (TPSA) is 80.4 Å². The molecule has 1 unspecified atom stereocenters. The van der Waals surface area contributed by atoms with Gasteiger partial charge in [-0.1, -0.05) is 60.7 Å². The number of nitrogens with one attached hydrogen (secondary N) is 2. The third-order valence-corrected chi connectivity index (χ3v) is 4.82. The number of aromatic amines is 1. The molecular weight excluding hydrogens is 392 g/mol. The van der Waals surface area contributed by atoms with Crippen LogP contribution in [0.2, 0.25) is 0 Å². The van der Waals surface area contributed by atoms with Gasteiger partial charge in [-0.2, -0.15) is 0 Å². The predicted octanol–water partition coefficient (Wildman–Crippen LogP) is 5.10. The van der Waals surface area contributed by atoms with E-state index in [1.165, 1.54) is 0 Å². The lowest BCUT2D eigenvalue weighted by Gasteiger charge is -2.19. The number of hydrogen-bond acceptors (Lipinski definition) is 4. The fourth-order valence-electron chi connectivity index (χ4n) is 3.36. The van der Waals surface area contributed by atoms with Gasteiger partial charge in [0.25, 0.3) is 5.91 Å². The Hall–Kier alpha value is -4.06. The van der Waals surface area contributed by atoms with E-state index in [0.717, 1.165) is 10.9 Å². The SMILES string of the molecule is CCOc1ccccc1NC(=O)C(OC(=O)c1c[nH]c2ccccc12)c1ccccc1. The molecule has 0 aliphatic carbocycles. The standard InChI is InChI=1S/C25H22N2O4/c1-2-30-22-15-9-8-14-21(22)27-24(28)23(17-10-4-3-5-11-17)31-25(29)19-16-26-20-13-7-6-12-18(19)20/h3-16,23,26H,2H2,1H3,(H,27,28). The molecule has 156 valence electrons. The minimum absolute atomic E-state index is 0.374. The van der Waals surface area contributed by atoms with Crippen LogP contribution >= 0.6 is 0 Å². The van der Waals surface area contributed by atoms with Gasteiger partial charge in [-0.05, 0) is 25.1 Å². The van der Waals surface area contributed by atoms with Crippen molar-refractivity contribution in [2.75, 3.05) is 11.9 Å². The van der Waals surface area contributed by atoms with Crippen LogP contribution in [-0.2, 0) is 9.53 Å². The van der Waals surface area contributed by atoms with Crippen molar-refractivity contribution < 1.29 is 19.1 Å². The van der Waals surface area contributed by atoms with Gasteiger partial charge in [0.05, 0.1) is 17.9 Å².